The molecule has 1 aromatic heterocycles. The number of sulfone groups is 1. The highest BCUT2D eigenvalue weighted by molar-refractivity contribution is 7.91. The van der Waals surface area contributed by atoms with Crippen LogP contribution in [0.1, 0.15) is 6.42 Å². The fraction of sp³-hybridized carbons (Fsp3) is 0.278. The lowest BCUT2D eigenvalue weighted by molar-refractivity contribution is 0.202. The maximum atomic E-state index is 12.6. The number of benzene rings is 1. The van der Waals surface area contributed by atoms with Crippen molar-refractivity contribution in [2.24, 2.45) is 0 Å². The average molecular weight is 374 g/mol. The van der Waals surface area contributed by atoms with E-state index in [4.69, 9.17) is 6.42 Å². The van der Waals surface area contributed by atoms with Crippen molar-refractivity contribution in [2.75, 3.05) is 23.4 Å². The number of hydrogen-bond acceptors (Lipinski definition) is 4. The van der Waals surface area contributed by atoms with Crippen molar-refractivity contribution in [3.63, 3.8) is 0 Å². The molecule has 25 heavy (non-hydrogen) atoms. The summed E-state index contributed by atoms with van der Waals surface area (Å²) in [5.41, 5.74) is 1.67. The fourth-order valence-corrected chi connectivity index (χ4v) is 5.33. The van der Waals surface area contributed by atoms with Crippen LogP contribution in [0, 0.1) is 12.3 Å². The second kappa shape index (κ2) is 7.30. The molecule has 0 saturated carbocycles. The lowest BCUT2D eigenvalue weighted by Crippen LogP contribution is -2.43. The van der Waals surface area contributed by atoms with Crippen LogP contribution in [0.2, 0.25) is 0 Å². The predicted octanol–water partition coefficient (Wildman–Crippen LogP) is 3.07. The Labute approximate surface area is 151 Å². The van der Waals surface area contributed by atoms with E-state index < -0.39 is 9.84 Å². The van der Waals surface area contributed by atoms with E-state index >= 15 is 0 Å². The Morgan fingerprint density at radius 1 is 1.36 bits per heavy atom. The van der Waals surface area contributed by atoms with Crippen LogP contribution >= 0.6 is 11.3 Å². The van der Waals surface area contributed by atoms with E-state index in [1.807, 2.05) is 35.7 Å². The summed E-state index contributed by atoms with van der Waals surface area (Å²) < 4.78 is 23.4. The van der Waals surface area contributed by atoms with Gasteiger partial charge in [0, 0.05) is 16.6 Å². The number of hydrogen-bond donors (Lipinski definition) is 1. The van der Waals surface area contributed by atoms with Crippen LogP contribution in [-0.4, -0.2) is 43.4 Å². The van der Waals surface area contributed by atoms with Gasteiger partial charge in [0.25, 0.3) is 0 Å². The third-order valence-corrected chi connectivity index (χ3v) is 6.76. The summed E-state index contributed by atoms with van der Waals surface area (Å²) in [4.78, 5) is 15.2. The number of nitrogens with one attached hydrogen (secondary N) is 1. The molecule has 2 heterocycles. The molecule has 0 spiro atoms. The lowest BCUT2D eigenvalue weighted by atomic mass is 10.1. The number of anilines is 1. The third kappa shape index (κ3) is 4.21. The van der Waals surface area contributed by atoms with Crippen LogP contribution in [0.4, 0.5) is 10.5 Å². The third-order valence-electron chi connectivity index (χ3n) is 4.09. The van der Waals surface area contributed by atoms with E-state index in [0.29, 0.717) is 12.1 Å². The Balaban J connectivity index is 1.76. The Hall–Kier alpha value is -2.30. The fourth-order valence-electron chi connectivity index (χ4n) is 2.87. The van der Waals surface area contributed by atoms with Gasteiger partial charge < -0.3 is 10.2 Å². The molecule has 2 aromatic rings. The molecule has 130 valence electrons. The number of rotatable bonds is 4. The zero-order valence-electron chi connectivity index (χ0n) is 13.5. The molecule has 1 aliphatic heterocycles. The molecule has 1 aliphatic rings. The monoisotopic (exact) mass is 374 g/mol. The summed E-state index contributed by atoms with van der Waals surface area (Å²) in [6.45, 7) is 0.0800. The van der Waals surface area contributed by atoms with Gasteiger partial charge in [-0.3, -0.25) is 0 Å². The van der Waals surface area contributed by atoms with E-state index in [1.165, 1.54) is 4.90 Å². The van der Waals surface area contributed by atoms with E-state index in [9.17, 15) is 13.2 Å². The van der Waals surface area contributed by atoms with Crippen LogP contribution in [0.5, 0.6) is 0 Å². The van der Waals surface area contributed by atoms with Gasteiger partial charge in [-0.25, -0.2) is 13.2 Å². The first-order chi connectivity index (χ1) is 12.0. The molecule has 0 aliphatic carbocycles. The first kappa shape index (κ1) is 17.5. The maximum Gasteiger partial charge on any atom is 0.322 e. The van der Waals surface area contributed by atoms with Crippen LogP contribution in [-0.2, 0) is 9.84 Å². The number of urea groups is 1. The normalized spacial score (nSPS) is 18.4. The Bertz CT molecular complexity index is 899. The molecule has 1 fully saturated rings. The molecule has 0 radical (unpaired) electrons. The van der Waals surface area contributed by atoms with Crippen LogP contribution in [0.25, 0.3) is 10.4 Å². The lowest BCUT2D eigenvalue weighted by Gasteiger charge is -2.26. The SMILES string of the molecule is C#CCN(C(=O)Nc1cccc(-c2cccs2)c1)C1CCS(=O)(=O)C1. The summed E-state index contributed by atoms with van der Waals surface area (Å²) in [6.07, 6.45) is 5.79. The molecule has 1 saturated heterocycles. The number of terminal acetylenes is 1. The van der Waals surface area contributed by atoms with Crippen molar-refractivity contribution in [3.05, 3.63) is 41.8 Å². The van der Waals surface area contributed by atoms with E-state index in [-0.39, 0.29) is 30.1 Å². The predicted molar refractivity (Wildman–Crippen MR) is 101 cm³/mol. The van der Waals surface area contributed by atoms with Gasteiger partial charge in [0.15, 0.2) is 9.84 Å². The maximum absolute atomic E-state index is 12.6. The van der Waals surface area contributed by atoms with Crippen molar-refractivity contribution >= 4 is 32.9 Å². The highest BCUT2D eigenvalue weighted by Crippen LogP contribution is 2.27. The molecule has 1 N–H and O–H groups in total. The van der Waals surface area contributed by atoms with Gasteiger partial charge >= 0.3 is 6.03 Å². The van der Waals surface area contributed by atoms with Crippen molar-refractivity contribution in [1.82, 2.24) is 4.90 Å². The zero-order chi connectivity index (χ0) is 17.9. The molecule has 2 amide bonds. The first-order valence-electron chi connectivity index (χ1n) is 7.84. The Morgan fingerprint density at radius 3 is 2.84 bits per heavy atom. The van der Waals surface area contributed by atoms with Crippen molar-refractivity contribution in [1.29, 1.82) is 0 Å². The Kier molecular flexibility index (Phi) is 5.11. The topological polar surface area (TPSA) is 66.5 Å². The minimum Gasteiger partial charge on any atom is -0.309 e. The van der Waals surface area contributed by atoms with E-state index in [2.05, 4.69) is 11.2 Å². The van der Waals surface area contributed by atoms with Gasteiger partial charge in [0.05, 0.1) is 18.1 Å². The van der Waals surface area contributed by atoms with E-state index in [0.717, 1.165) is 10.4 Å². The largest absolute Gasteiger partial charge is 0.322 e. The number of thiophene rings is 1. The van der Waals surface area contributed by atoms with Gasteiger partial charge in [-0.2, -0.15) is 0 Å². The summed E-state index contributed by atoms with van der Waals surface area (Å²) in [6, 6.07) is 10.8. The molecule has 5 nitrogen and oxygen atoms in total. The summed E-state index contributed by atoms with van der Waals surface area (Å²) in [5.74, 6) is 2.51. The van der Waals surface area contributed by atoms with Gasteiger partial charge in [-0.05, 0) is 35.6 Å². The number of carbonyl (C=O) groups is 1. The van der Waals surface area contributed by atoms with Crippen molar-refractivity contribution in [3.8, 4) is 22.8 Å². The van der Waals surface area contributed by atoms with Crippen LogP contribution in [0.3, 0.4) is 0 Å². The van der Waals surface area contributed by atoms with Gasteiger partial charge in [-0.1, -0.05) is 24.1 Å². The first-order valence-corrected chi connectivity index (χ1v) is 10.5. The molecule has 7 heteroatoms. The van der Waals surface area contributed by atoms with Crippen LogP contribution < -0.4 is 5.32 Å². The minimum absolute atomic E-state index is 0.0304. The molecular formula is C18H18N2O3S2. The standard InChI is InChI=1S/C18H18N2O3S2/c1-2-9-20(16-8-11-25(22,23)13-16)18(21)19-15-6-3-5-14(12-15)17-7-4-10-24-17/h1,3-7,10,12,16H,8-9,11,13H2,(H,19,21). The van der Waals surface area contributed by atoms with Gasteiger partial charge in [0.1, 0.15) is 0 Å². The zero-order valence-corrected chi connectivity index (χ0v) is 15.1. The summed E-state index contributed by atoms with van der Waals surface area (Å²) >= 11 is 1.62. The molecule has 0 bridgehead atoms. The van der Waals surface area contributed by atoms with Crippen LogP contribution in [0.15, 0.2) is 41.8 Å². The molecule has 1 atom stereocenters. The molecule has 1 aromatic carbocycles. The second-order valence-corrected chi connectivity index (χ2v) is 9.05. The minimum atomic E-state index is -3.09. The highest BCUT2D eigenvalue weighted by atomic mass is 32.2. The second-order valence-electron chi connectivity index (χ2n) is 5.88. The average Bonchev–Trinajstić information content (AvgIpc) is 3.22. The smallest absolute Gasteiger partial charge is 0.309 e. The molecular weight excluding hydrogens is 356 g/mol. The van der Waals surface area contributed by atoms with Gasteiger partial charge in [-0.15, -0.1) is 17.8 Å². The summed E-state index contributed by atoms with van der Waals surface area (Å²) in [7, 11) is -3.09. The summed E-state index contributed by atoms with van der Waals surface area (Å²) in [5, 5.41) is 4.83. The van der Waals surface area contributed by atoms with Crippen molar-refractivity contribution in [2.45, 2.75) is 12.5 Å². The molecule has 1 unspecified atom stereocenters. The van der Waals surface area contributed by atoms with Crippen molar-refractivity contribution < 1.29 is 13.2 Å². The quantitative estimate of drug-likeness (QED) is 0.837. The molecule has 3 rings (SSSR count). The number of nitrogens with zero attached hydrogens (tertiary/aromatic N) is 1. The van der Waals surface area contributed by atoms with Gasteiger partial charge in [0.2, 0.25) is 0 Å². The number of carbonyl (C=O) groups excluding carboxylic acids is 1. The number of amides is 2. The highest BCUT2D eigenvalue weighted by Gasteiger charge is 2.34. The Morgan fingerprint density at radius 2 is 2.20 bits per heavy atom. The van der Waals surface area contributed by atoms with E-state index in [1.54, 1.807) is 17.4 Å².